The van der Waals surface area contributed by atoms with Gasteiger partial charge < -0.3 is 4.74 Å². The van der Waals surface area contributed by atoms with Gasteiger partial charge in [0.2, 0.25) is 6.29 Å². The van der Waals surface area contributed by atoms with Crippen molar-refractivity contribution in [3.63, 3.8) is 0 Å². The maximum Gasteiger partial charge on any atom is 0.233 e. The Morgan fingerprint density at radius 1 is 0.867 bits per heavy atom. The minimum absolute atomic E-state index is 0.489. The molecule has 1 radical (unpaired) electrons. The summed E-state index contributed by atoms with van der Waals surface area (Å²) in [6.45, 7) is 0. The minimum atomic E-state index is 0.489. The lowest BCUT2D eigenvalue weighted by Gasteiger charge is -2.04. The summed E-state index contributed by atoms with van der Waals surface area (Å²) < 4.78 is 5.54. The van der Waals surface area contributed by atoms with Crippen molar-refractivity contribution >= 4 is 6.29 Å². The summed E-state index contributed by atoms with van der Waals surface area (Å²) >= 11 is 0. The van der Waals surface area contributed by atoms with Crippen molar-refractivity contribution in [3.8, 4) is 11.5 Å². The number of para-hydroxylation sites is 1. The van der Waals surface area contributed by atoms with Gasteiger partial charge in [-0.25, -0.2) is 0 Å². The average molecular weight is 197 g/mol. The molecule has 2 nitrogen and oxygen atoms in total. The zero-order valence-corrected chi connectivity index (χ0v) is 8.01. The number of benzene rings is 2. The summed E-state index contributed by atoms with van der Waals surface area (Å²) in [7, 11) is 0. The lowest BCUT2D eigenvalue weighted by atomic mass is 10.2. The van der Waals surface area contributed by atoms with Crippen LogP contribution < -0.4 is 4.74 Å². The molecule has 0 amide bonds. The molecule has 0 aromatic heterocycles. The molecule has 0 saturated carbocycles. The van der Waals surface area contributed by atoms with E-state index in [-0.39, 0.29) is 0 Å². The fourth-order valence-electron chi connectivity index (χ4n) is 1.25. The van der Waals surface area contributed by atoms with Crippen molar-refractivity contribution in [2.24, 2.45) is 0 Å². The van der Waals surface area contributed by atoms with Gasteiger partial charge in [-0.1, -0.05) is 30.3 Å². The predicted octanol–water partition coefficient (Wildman–Crippen LogP) is 2.94. The normalized spacial score (nSPS) is 9.60. The van der Waals surface area contributed by atoms with Gasteiger partial charge in [-0.3, -0.25) is 4.79 Å². The van der Waals surface area contributed by atoms with Crippen molar-refractivity contribution in [2.45, 2.75) is 0 Å². The van der Waals surface area contributed by atoms with Crippen LogP contribution in [0.4, 0.5) is 0 Å². The van der Waals surface area contributed by atoms with Gasteiger partial charge in [0.15, 0.2) is 0 Å². The summed E-state index contributed by atoms with van der Waals surface area (Å²) in [6, 6.07) is 16.3. The van der Waals surface area contributed by atoms with E-state index in [0.717, 1.165) is 5.75 Å². The second-order valence-corrected chi connectivity index (χ2v) is 3.05. The second kappa shape index (κ2) is 4.42. The van der Waals surface area contributed by atoms with E-state index < -0.39 is 0 Å². The molecule has 0 unspecified atom stereocenters. The molecule has 0 aliphatic carbocycles. The molecular formula is C13H9O2. The number of hydrogen-bond acceptors (Lipinski definition) is 2. The number of hydrogen-bond donors (Lipinski definition) is 0. The molecule has 2 rings (SSSR count). The van der Waals surface area contributed by atoms with Crippen LogP contribution in [-0.2, 0) is 4.79 Å². The molecule has 0 aliphatic rings. The van der Waals surface area contributed by atoms with Crippen LogP contribution in [0.2, 0.25) is 0 Å². The van der Waals surface area contributed by atoms with Crippen LogP contribution in [0.5, 0.6) is 11.5 Å². The maximum atomic E-state index is 10.4. The molecule has 2 aromatic carbocycles. The van der Waals surface area contributed by atoms with Crippen LogP contribution >= 0.6 is 0 Å². The first-order valence-corrected chi connectivity index (χ1v) is 4.59. The smallest absolute Gasteiger partial charge is 0.233 e. The first-order chi connectivity index (χ1) is 7.38. The lowest BCUT2D eigenvalue weighted by Crippen LogP contribution is -1.85. The summed E-state index contributed by atoms with van der Waals surface area (Å²) in [6.07, 6.45) is 1.82. The Labute approximate surface area is 88.1 Å². The molecule has 0 heterocycles. The molecule has 0 aliphatic heterocycles. The summed E-state index contributed by atoms with van der Waals surface area (Å²) in [5, 5.41) is 0. The average Bonchev–Trinajstić information content (AvgIpc) is 2.31. The topological polar surface area (TPSA) is 26.3 Å². The van der Waals surface area contributed by atoms with Gasteiger partial charge in [0.05, 0.1) is 0 Å². The molecule has 2 heteroatoms. The van der Waals surface area contributed by atoms with Crippen molar-refractivity contribution in [2.75, 3.05) is 0 Å². The van der Waals surface area contributed by atoms with E-state index >= 15 is 0 Å². The van der Waals surface area contributed by atoms with Crippen LogP contribution in [0.3, 0.4) is 0 Å². The summed E-state index contributed by atoms with van der Waals surface area (Å²) in [4.78, 5) is 10.4. The predicted molar refractivity (Wildman–Crippen MR) is 57.8 cm³/mol. The largest absolute Gasteiger partial charge is 0.457 e. The van der Waals surface area contributed by atoms with E-state index in [2.05, 4.69) is 0 Å². The van der Waals surface area contributed by atoms with Crippen LogP contribution in [0, 0.1) is 0 Å². The number of rotatable bonds is 3. The summed E-state index contributed by atoms with van der Waals surface area (Å²) in [5.41, 5.74) is 0.489. The maximum absolute atomic E-state index is 10.4. The summed E-state index contributed by atoms with van der Waals surface area (Å²) in [5.74, 6) is 1.39. The second-order valence-electron chi connectivity index (χ2n) is 3.05. The van der Waals surface area contributed by atoms with Gasteiger partial charge in [0.1, 0.15) is 11.5 Å². The SMILES string of the molecule is O=[C]c1cccc(Oc2ccccc2)c1. The van der Waals surface area contributed by atoms with Gasteiger partial charge in [-0.15, -0.1) is 0 Å². The first-order valence-electron chi connectivity index (χ1n) is 4.59. The third-order valence-corrected chi connectivity index (χ3v) is 1.93. The molecule has 15 heavy (non-hydrogen) atoms. The Hall–Kier alpha value is -2.09. The molecule has 0 bridgehead atoms. The van der Waals surface area contributed by atoms with E-state index in [1.165, 1.54) is 0 Å². The van der Waals surface area contributed by atoms with Crippen molar-refractivity contribution in [1.29, 1.82) is 0 Å². The van der Waals surface area contributed by atoms with E-state index in [9.17, 15) is 4.79 Å². The number of ether oxygens (including phenoxy) is 1. The van der Waals surface area contributed by atoms with Crippen LogP contribution in [0.15, 0.2) is 54.6 Å². The third kappa shape index (κ3) is 2.44. The highest BCUT2D eigenvalue weighted by molar-refractivity contribution is 5.75. The minimum Gasteiger partial charge on any atom is -0.457 e. The van der Waals surface area contributed by atoms with Crippen LogP contribution in [0.1, 0.15) is 5.56 Å². The standard InChI is InChI=1S/C13H9O2/c14-10-11-5-4-8-13(9-11)15-12-6-2-1-3-7-12/h1-9H. The molecule has 0 spiro atoms. The molecule has 2 aromatic rings. The molecule has 73 valence electrons. The Balaban J connectivity index is 2.21. The lowest BCUT2D eigenvalue weighted by molar-refractivity contribution is 0.482. The van der Waals surface area contributed by atoms with E-state index in [1.54, 1.807) is 24.3 Å². The van der Waals surface area contributed by atoms with E-state index in [1.807, 2.05) is 36.6 Å². The zero-order chi connectivity index (χ0) is 10.5. The molecule has 0 saturated heterocycles. The highest BCUT2D eigenvalue weighted by Crippen LogP contribution is 2.20. The third-order valence-electron chi connectivity index (χ3n) is 1.93. The highest BCUT2D eigenvalue weighted by atomic mass is 16.5. The fourth-order valence-corrected chi connectivity index (χ4v) is 1.25. The van der Waals surface area contributed by atoms with E-state index in [4.69, 9.17) is 4.74 Å². The van der Waals surface area contributed by atoms with Gasteiger partial charge in [0, 0.05) is 5.56 Å². The van der Waals surface area contributed by atoms with Gasteiger partial charge in [0.25, 0.3) is 0 Å². The Kier molecular flexibility index (Phi) is 2.79. The van der Waals surface area contributed by atoms with Crippen molar-refractivity contribution in [3.05, 3.63) is 60.2 Å². The number of carbonyl (C=O) groups excluding carboxylic acids is 1. The van der Waals surface area contributed by atoms with Gasteiger partial charge in [-0.2, -0.15) is 0 Å². The first kappa shape index (κ1) is 9.46. The molecule has 0 atom stereocenters. The van der Waals surface area contributed by atoms with Crippen molar-refractivity contribution in [1.82, 2.24) is 0 Å². The fraction of sp³-hybridized carbons (Fsp3) is 0. The Bertz CT molecular complexity index is 449. The Morgan fingerprint density at radius 2 is 1.60 bits per heavy atom. The zero-order valence-electron chi connectivity index (χ0n) is 8.01. The van der Waals surface area contributed by atoms with Gasteiger partial charge in [-0.05, 0) is 24.3 Å². The Morgan fingerprint density at radius 3 is 2.33 bits per heavy atom. The molecular weight excluding hydrogens is 188 g/mol. The van der Waals surface area contributed by atoms with Crippen LogP contribution in [-0.4, -0.2) is 6.29 Å². The van der Waals surface area contributed by atoms with E-state index in [0.29, 0.717) is 11.3 Å². The molecule has 0 N–H and O–H groups in total. The van der Waals surface area contributed by atoms with Crippen molar-refractivity contribution < 1.29 is 9.53 Å². The van der Waals surface area contributed by atoms with Crippen LogP contribution in [0.25, 0.3) is 0 Å². The molecule has 0 fully saturated rings. The highest BCUT2D eigenvalue weighted by Gasteiger charge is 1.97. The quantitative estimate of drug-likeness (QED) is 0.756. The monoisotopic (exact) mass is 197 g/mol. The van der Waals surface area contributed by atoms with Gasteiger partial charge >= 0.3 is 0 Å².